The molecule has 0 spiro atoms. The number of rotatable bonds is 5. The van der Waals surface area contributed by atoms with Gasteiger partial charge in [0.2, 0.25) is 0 Å². The average molecular weight is 411 g/mol. The molecule has 1 saturated heterocycles. The molecule has 0 atom stereocenters. The molecule has 152 valence electrons. The molecule has 1 aliphatic rings. The van der Waals surface area contributed by atoms with E-state index < -0.39 is 34.3 Å². The number of hydrogen-bond acceptors (Lipinski definition) is 7. The number of carboxylic acids is 1. The minimum atomic E-state index is -1.28. The normalized spacial score (nSPS) is 15.2. The number of anilines is 1. The number of carbonyl (C=O) groups is 4. The van der Waals surface area contributed by atoms with E-state index in [9.17, 15) is 34.4 Å². The number of urea groups is 1. The first-order valence-electron chi connectivity index (χ1n) is 8.30. The zero-order valence-corrected chi connectivity index (χ0v) is 15.3. The van der Waals surface area contributed by atoms with Gasteiger partial charge in [-0.15, -0.1) is 0 Å². The van der Waals surface area contributed by atoms with Crippen molar-refractivity contribution in [2.75, 3.05) is 12.0 Å². The Morgan fingerprint density at radius 1 is 1.20 bits per heavy atom. The van der Waals surface area contributed by atoms with E-state index in [2.05, 4.69) is 0 Å². The first-order valence-corrected chi connectivity index (χ1v) is 8.30. The fourth-order valence-corrected chi connectivity index (χ4v) is 2.79. The zero-order chi connectivity index (χ0) is 22.0. The molecule has 0 saturated carbocycles. The second-order valence-electron chi connectivity index (χ2n) is 6.00. The highest BCUT2D eigenvalue weighted by molar-refractivity contribution is 6.39. The van der Waals surface area contributed by atoms with Gasteiger partial charge in [-0.2, -0.15) is 0 Å². The Balaban J connectivity index is 2.05. The summed E-state index contributed by atoms with van der Waals surface area (Å²) >= 11 is 0. The Morgan fingerprint density at radius 2 is 1.93 bits per heavy atom. The Hall–Kier alpha value is -4.54. The maximum atomic E-state index is 12.8. The summed E-state index contributed by atoms with van der Waals surface area (Å²) in [4.78, 5) is 59.5. The van der Waals surface area contributed by atoms with Crippen LogP contribution in [0.2, 0.25) is 0 Å². The van der Waals surface area contributed by atoms with Gasteiger partial charge in [0.25, 0.3) is 17.5 Å². The Kier molecular flexibility index (Phi) is 5.27. The third-order valence-electron chi connectivity index (χ3n) is 4.17. The van der Waals surface area contributed by atoms with E-state index in [0.29, 0.717) is 4.90 Å². The molecule has 2 aromatic carbocycles. The van der Waals surface area contributed by atoms with Gasteiger partial charge < -0.3 is 9.84 Å². The number of amides is 4. The number of nitro benzene ring substituents is 1. The number of barbiturate groups is 1. The van der Waals surface area contributed by atoms with Crippen LogP contribution in [0.15, 0.2) is 48.0 Å². The van der Waals surface area contributed by atoms with Crippen LogP contribution >= 0.6 is 0 Å². The number of methoxy groups -OCH3 is 1. The molecule has 3 rings (SSSR count). The number of benzene rings is 2. The molecule has 0 bridgehead atoms. The first-order chi connectivity index (χ1) is 14.2. The lowest BCUT2D eigenvalue weighted by Crippen LogP contribution is -2.54. The number of nitrogens with zero attached hydrogens (tertiary/aromatic N) is 2. The minimum absolute atomic E-state index is 0.0810. The lowest BCUT2D eigenvalue weighted by atomic mass is 10.0. The number of non-ortho nitro benzene ring substituents is 1. The second-order valence-corrected chi connectivity index (χ2v) is 6.00. The van der Waals surface area contributed by atoms with Crippen molar-refractivity contribution in [3.05, 3.63) is 69.3 Å². The molecule has 0 radical (unpaired) electrons. The summed E-state index contributed by atoms with van der Waals surface area (Å²) in [7, 11) is 1.29. The van der Waals surface area contributed by atoms with Crippen LogP contribution in [0.1, 0.15) is 15.9 Å². The minimum Gasteiger partial charge on any atom is -0.496 e. The van der Waals surface area contributed by atoms with E-state index in [1.165, 1.54) is 43.5 Å². The van der Waals surface area contributed by atoms with Gasteiger partial charge in [-0.25, -0.2) is 14.5 Å². The Bertz CT molecular complexity index is 1140. The molecule has 1 fully saturated rings. The third kappa shape index (κ3) is 3.71. The van der Waals surface area contributed by atoms with Gasteiger partial charge in [0.15, 0.2) is 0 Å². The number of hydrogen-bond donors (Lipinski definition) is 2. The Morgan fingerprint density at radius 3 is 2.57 bits per heavy atom. The predicted octanol–water partition coefficient (Wildman–Crippen LogP) is 1.97. The molecule has 4 amide bonds. The number of aromatic carboxylic acids is 1. The fourth-order valence-electron chi connectivity index (χ4n) is 2.79. The molecule has 0 aromatic heterocycles. The second kappa shape index (κ2) is 7.83. The van der Waals surface area contributed by atoms with Crippen LogP contribution < -0.4 is 15.0 Å². The van der Waals surface area contributed by atoms with E-state index in [-0.39, 0.29) is 28.3 Å². The molecule has 11 heteroatoms. The SMILES string of the molecule is COc1ccc(C=C2C(=O)NC(=O)N(c3cccc([N+](=O)[O-])c3)C2=O)cc1C(=O)O. The van der Waals surface area contributed by atoms with Gasteiger partial charge in [0.05, 0.1) is 17.7 Å². The van der Waals surface area contributed by atoms with Crippen molar-refractivity contribution in [3.8, 4) is 5.75 Å². The summed E-state index contributed by atoms with van der Waals surface area (Å²) in [5, 5.41) is 22.2. The molecule has 1 aliphatic heterocycles. The van der Waals surface area contributed by atoms with Crippen LogP contribution in [-0.4, -0.2) is 41.0 Å². The Labute approximate surface area is 168 Å². The molecule has 0 unspecified atom stereocenters. The van der Waals surface area contributed by atoms with Crippen LogP contribution in [0.3, 0.4) is 0 Å². The van der Waals surface area contributed by atoms with Crippen LogP contribution in [-0.2, 0) is 9.59 Å². The van der Waals surface area contributed by atoms with Gasteiger partial charge in [0.1, 0.15) is 16.9 Å². The van der Waals surface area contributed by atoms with Crippen molar-refractivity contribution in [3.63, 3.8) is 0 Å². The van der Waals surface area contributed by atoms with E-state index in [1.807, 2.05) is 5.32 Å². The number of nitrogens with one attached hydrogen (secondary N) is 1. The van der Waals surface area contributed by atoms with Gasteiger partial charge >= 0.3 is 12.0 Å². The molecule has 2 aromatic rings. The lowest BCUT2D eigenvalue weighted by molar-refractivity contribution is -0.384. The standard InChI is InChI=1S/C19H13N3O8/c1-30-15-6-5-10(7-13(15)18(25)26)8-14-16(23)20-19(27)21(17(14)24)11-3-2-4-12(9-11)22(28)29/h2-9H,1H3,(H,25,26)(H,20,23,27). The highest BCUT2D eigenvalue weighted by Crippen LogP contribution is 2.26. The van der Waals surface area contributed by atoms with Gasteiger partial charge in [0, 0.05) is 12.1 Å². The van der Waals surface area contributed by atoms with E-state index in [1.54, 1.807) is 0 Å². The smallest absolute Gasteiger partial charge is 0.339 e. The van der Waals surface area contributed by atoms with Gasteiger partial charge in [-0.3, -0.25) is 25.0 Å². The quantitative estimate of drug-likeness (QED) is 0.327. The third-order valence-corrected chi connectivity index (χ3v) is 4.17. The number of ether oxygens (including phenoxy) is 1. The van der Waals surface area contributed by atoms with Crippen LogP contribution in [0.25, 0.3) is 6.08 Å². The number of imide groups is 2. The van der Waals surface area contributed by atoms with Crippen LogP contribution in [0, 0.1) is 10.1 Å². The predicted molar refractivity (Wildman–Crippen MR) is 102 cm³/mol. The highest BCUT2D eigenvalue weighted by atomic mass is 16.6. The summed E-state index contributed by atoms with van der Waals surface area (Å²) < 4.78 is 4.96. The van der Waals surface area contributed by atoms with Crippen LogP contribution in [0.4, 0.5) is 16.2 Å². The van der Waals surface area contributed by atoms with Gasteiger partial charge in [-0.05, 0) is 29.8 Å². The van der Waals surface area contributed by atoms with Crippen molar-refractivity contribution in [2.45, 2.75) is 0 Å². The molecule has 0 aliphatic carbocycles. The summed E-state index contributed by atoms with van der Waals surface area (Å²) in [5.74, 6) is -3.20. The van der Waals surface area contributed by atoms with Gasteiger partial charge in [-0.1, -0.05) is 12.1 Å². The van der Waals surface area contributed by atoms with Crippen molar-refractivity contribution in [1.82, 2.24) is 5.32 Å². The molecule has 1 heterocycles. The van der Waals surface area contributed by atoms with E-state index in [0.717, 1.165) is 12.1 Å². The summed E-state index contributed by atoms with van der Waals surface area (Å²) in [6.45, 7) is 0. The maximum Gasteiger partial charge on any atom is 0.339 e. The van der Waals surface area contributed by atoms with Crippen molar-refractivity contribution in [1.29, 1.82) is 0 Å². The molecule has 30 heavy (non-hydrogen) atoms. The van der Waals surface area contributed by atoms with Crippen molar-refractivity contribution in [2.24, 2.45) is 0 Å². The molecular formula is C19H13N3O8. The first kappa shape index (κ1) is 20.2. The average Bonchev–Trinajstić information content (AvgIpc) is 2.71. The molecule has 11 nitrogen and oxygen atoms in total. The molecular weight excluding hydrogens is 398 g/mol. The summed E-state index contributed by atoms with van der Waals surface area (Å²) in [6.07, 6.45) is 1.11. The number of nitro groups is 1. The van der Waals surface area contributed by atoms with E-state index >= 15 is 0 Å². The molecule has 2 N–H and O–H groups in total. The maximum absolute atomic E-state index is 12.8. The number of carbonyl (C=O) groups excluding carboxylic acids is 3. The fraction of sp³-hybridized carbons (Fsp3) is 0.0526. The largest absolute Gasteiger partial charge is 0.496 e. The zero-order valence-electron chi connectivity index (χ0n) is 15.3. The number of carboxylic acid groups (broad SMARTS) is 1. The van der Waals surface area contributed by atoms with E-state index in [4.69, 9.17) is 4.74 Å². The van der Waals surface area contributed by atoms with Crippen molar-refractivity contribution >= 4 is 41.3 Å². The highest BCUT2D eigenvalue weighted by Gasteiger charge is 2.37. The lowest BCUT2D eigenvalue weighted by Gasteiger charge is -2.26. The summed E-state index contributed by atoms with van der Waals surface area (Å²) in [5.41, 5.74) is -0.910. The topological polar surface area (TPSA) is 156 Å². The monoisotopic (exact) mass is 411 g/mol. The van der Waals surface area contributed by atoms with Crippen molar-refractivity contribution < 1.29 is 33.9 Å². The summed E-state index contributed by atoms with van der Waals surface area (Å²) in [6, 6.07) is 7.69. The van der Waals surface area contributed by atoms with Crippen LogP contribution in [0.5, 0.6) is 5.75 Å².